The van der Waals surface area contributed by atoms with Crippen LogP contribution in [-0.4, -0.2) is 77.3 Å². The van der Waals surface area contributed by atoms with Gasteiger partial charge in [0.25, 0.3) is 0 Å². The maximum atomic E-state index is 11.8. The van der Waals surface area contributed by atoms with E-state index < -0.39 is 0 Å². The summed E-state index contributed by atoms with van der Waals surface area (Å²) < 4.78 is 5.61. The van der Waals surface area contributed by atoms with E-state index in [1.807, 2.05) is 18.2 Å². The summed E-state index contributed by atoms with van der Waals surface area (Å²) in [5.74, 6) is 1.20. The summed E-state index contributed by atoms with van der Waals surface area (Å²) in [5.41, 5.74) is 1.21. The van der Waals surface area contributed by atoms with Gasteiger partial charge in [-0.1, -0.05) is 32.0 Å². The van der Waals surface area contributed by atoms with Crippen LogP contribution in [0.25, 0.3) is 0 Å². The van der Waals surface area contributed by atoms with Crippen molar-refractivity contribution in [3.05, 3.63) is 30.3 Å². The van der Waals surface area contributed by atoms with Crippen molar-refractivity contribution in [1.82, 2.24) is 15.5 Å². The number of nitrogens with one attached hydrogen (secondary N) is 2. The first-order valence-corrected chi connectivity index (χ1v) is 10.5. The first kappa shape index (κ1) is 28.5. The quantitative estimate of drug-likeness (QED) is 0.177. The molecule has 0 spiro atoms. The van der Waals surface area contributed by atoms with Crippen molar-refractivity contribution < 1.29 is 9.53 Å². The van der Waals surface area contributed by atoms with Crippen LogP contribution in [0.1, 0.15) is 26.7 Å². The maximum absolute atomic E-state index is 11.8. The SMILES string of the molecule is CC(C)COCCCNC(=NCC(=O)N(C)C)NCCCN(C)c1ccccc1.I. The van der Waals surface area contributed by atoms with Crippen LogP contribution in [0.15, 0.2) is 35.3 Å². The molecule has 1 amide bonds. The van der Waals surface area contributed by atoms with Gasteiger partial charge in [0, 0.05) is 59.7 Å². The highest BCUT2D eigenvalue weighted by molar-refractivity contribution is 14.0. The number of rotatable bonds is 13. The number of likely N-dealkylation sites (N-methyl/N-ethyl adjacent to an activating group) is 1. The molecule has 0 fully saturated rings. The van der Waals surface area contributed by atoms with Crippen LogP contribution >= 0.6 is 24.0 Å². The lowest BCUT2D eigenvalue weighted by atomic mass is 10.2. The summed E-state index contributed by atoms with van der Waals surface area (Å²) in [6.07, 6.45) is 1.86. The summed E-state index contributed by atoms with van der Waals surface area (Å²) in [6.45, 7) is 8.39. The van der Waals surface area contributed by atoms with E-state index in [2.05, 4.69) is 53.6 Å². The molecule has 7 nitrogen and oxygen atoms in total. The lowest BCUT2D eigenvalue weighted by Crippen LogP contribution is -2.40. The normalized spacial score (nSPS) is 11.1. The second-order valence-corrected chi connectivity index (χ2v) is 7.74. The van der Waals surface area contributed by atoms with Crippen molar-refractivity contribution in [1.29, 1.82) is 0 Å². The van der Waals surface area contributed by atoms with Crippen LogP contribution in [0.4, 0.5) is 5.69 Å². The van der Waals surface area contributed by atoms with Gasteiger partial charge >= 0.3 is 0 Å². The molecule has 0 bridgehead atoms. The lowest BCUT2D eigenvalue weighted by molar-refractivity contribution is -0.127. The minimum Gasteiger partial charge on any atom is -0.381 e. The number of carbonyl (C=O) groups is 1. The molecule has 172 valence electrons. The van der Waals surface area contributed by atoms with Gasteiger partial charge < -0.3 is 25.2 Å². The summed E-state index contributed by atoms with van der Waals surface area (Å²) >= 11 is 0. The first-order chi connectivity index (χ1) is 13.9. The molecule has 0 atom stereocenters. The first-order valence-electron chi connectivity index (χ1n) is 10.5. The van der Waals surface area contributed by atoms with Gasteiger partial charge in [0.2, 0.25) is 5.91 Å². The van der Waals surface area contributed by atoms with Crippen molar-refractivity contribution in [3.8, 4) is 0 Å². The van der Waals surface area contributed by atoms with E-state index in [9.17, 15) is 4.79 Å². The standard InChI is InChI=1S/C22H39N5O2.HI/c1-19(2)18-29-16-10-14-24-22(25-17-21(28)26(3)4)23-13-9-15-27(5)20-11-7-6-8-12-20;/h6-8,11-12,19H,9-10,13-18H2,1-5H3,(H2,23,24,25);1H. The van der Waals surface area contributed by atoms with Gasteiger partial charge in [-0.3, -0.25) is 4.79 Å². The number of carbonyl (C=O) groups excluding carboxylic acids is 1. The highest BCUT2D eigenvalue weighted by Crippen LogP contribution is 2.10. The molecule has 0 aliphatic carbocycles. The number of ether oxygens (including phenoxy) is 1. The van der Waals surface area contributed by atoms with E-state index in [4.69, 9.17) is 4.74 Å². The van der Waals surface area contributed by atoms with Gasteiger partial charge in [0.05, 0.1) is 0 Å². The predicted octanol–water partition coefficient (Wildman–Crippen LogP) is 2.82. The zero-order valence-corrected chi connectivity index (χ0v) is 21.5. The van der Waals surface area contributed by atoms with E-state index >= 15 is 0 Å². The third-order valence-corrected chi connectivity index (χ3v) is 4.24. The fourth-order valence-electron chi connectivity index (χ4n) is 2.50. The Labute approximate surface area is 199 Å². The minimum absolute atomic E-state index is 0. The molecule has 0 heterocycles. The Morgan fingerprint density at radius 3 is 2.30 bits per heavy atom. The van der Waals surface area contributed by atoms with Crippen molar-refractivity contribution >= 4 is 41.5 Å². The molecule has 8 heteroatoms. The summed E-state index contributed by atoms with van der Waals surface area (Å²) in [7, 11) is 5.57. The minimum atomic E-state index is -0.0184. The van der Waals surface area contributed by atoms with Gasteiger partial charge in [0.15, 0.2) is 5.96 Å². The molecule has 0 saturated heterocycles. The molecule has 0 unspecified atom stereocenters. The van der Waals surface area contributed by atoms with E-state index in [1.165, 1.54) is 5.69 Å². The van der Waals surface area contributed by atoms with Gasteiger partial charge in [-0.25, -0.2) is 4.99 Å². The molecule has 1 rings (SSSR count). The Morgan fingerprint density at radius 1 is 1.07 bits per heavy atom. The predicted molar refractivity (Wildman–Crippen MR) is 137 cm³/mol. The third-order valence-electron chi connectivity index (χ3n) is 4.24. The monoisotopic (exact) mass is 533 g/mol. The molecule has 1 aromatic carbocycles. The van der Waals surface area contributed by atoms with Crippen molar-refractivity contribution in [3.63, 3.8) is 0 Å². The molecule has 0 aliphatic rings. The summed E-state index contributed by atoms with van der Waals surface area (Å²) in [6, 6.07) is 10.3. The third kappa shape index (κ3) is 13.6. The molecular formula is C22H40IN5O2. The molecule has 0 radical (unpaired) electrons. The number of hydrogen-bond acceptors (Lipinski definition) is 4. The van der Waals surface area contributed by atoms with E-state index in [-0.39, 0.29) is 36.4 Å². The number of benzene rings is 1. The second kappa shape index (κ2) is 17.2. The van der Waals surface area contributed by atoms with E-state index in [0.29, 0.717) is 11.9 Å². The van der Waals surface area contributed by atoms with Gasteiger partial charge in [-0.15, -0.1) is 24.0 Å². The second-order valence-electron chi connectivity index (χ2n) is 7.74. The van der Waals surface area contributed by atoms with Crippen molar-refractivity contribution in [2.24, 2.45) is 10.9 Å². The lowest BCUT2D eigenvalue weighted by Gasteiger charge is -2.20. The fourth-order valence-corrected chi connectivity index (χ4v) is 2.50. The smallest absolute Gasteiger partial charge is 0.243 e. The largest absolute Gasteiger partial charge is 0.381 e. The molecule has 0 aliphatic heterocycles. The van der Waals surface area contributed by atoms with E-state index in [0.717, 1.165) is 45.7 Å². The summed E-state index contributed by atoms with van der Waals surface area (Å²) in [5, 5.41) is 6.63. The number of halogens is 1. The van der Waals surface area contributed by atoms with Crippen LogP contribution in [0, 0.1) is 5.92 Å². The Bertz CT molecular complexity index is 596. The number of aliphatic imine (C=N–C) groups is 1. The van der Waals surface area contributed by atoms with Crippen molar-refractivity contribution in [2.75, 3.05) is 65.4 Å². The van der Waals surface area contributed by atoms with Crippen LogP contribution in [0.2, 0.25) is 0 Å². The van der Waals surface area contributed by atoms with Crippen LogP contribution in [0.5, 0.6) is 0 Å². The molecule has 0 saturated carbocycles. The number of anilines is 1. The highest BCUT2D eigenvalue weighted by Gasteiger charge is 2.05. The number of para-hydroxylation sites is 1. The molecule has 1 aromatic rings. The average molecular weight is 533 g/mol. The van der Waals surface area contributed by atoms with Crippen LogP contribution in [0.3, 0.4) is 0 Å². The number of amides is 1. The van der Waals surface area contributed by atoms with Gasteiger partial charge in [-0.05, 0) is 30.9 Å². The molecule has 2 N–H and O–H groups in total. The zero-order chi connectivity index (χ0) is 21.5. The topological polar surface area (TPSA) is 69.2 Å². The number of nitrogens with zero attached hydrogens (tertiary/aromatic N) is 3. The van der Waals surface area contributed by atoms with Crippen LogP contribution < -0.4 is 15.5 Å². The van der Waals surface area contributed by atoms with Crippen LogP contribution in [-0.2, 0) is 9.53 Å². The number of guanidine groups is 1. The zero-order valence-electron chi connectivity index (χ0n) is 19.2. The molecule has 0 aromatic heterocycles. The highest BCUT2D eigenvalue weighted by atomic mass is 127. The Hall–Kier alpha value is -1.55. The van der Waals surface area contributed by atoms with Crippen molar-refractivity contribution in [2.45, 2.75) is 26.7 Å². The Morgan fingerprint density at radius 2 is 1.70 bits per heavy atom. The number of hydrogen-bond donors (Lipinski definition) is 2. The molecule has 30 heavy (non-hydrogen) atoms. The van der Waals surface area contributed by atoms with Gasteiger partial charge in [-0.2, -0.15) is 0 Å². The van der Waals surface area contributed by atoms with E-state index in [1.54, 1.807) is 19.0 Å². The van der Waals surface area contributed by atoms with Gasteiger partial charge in [0.1, 0.15) is 6.54 Å². The fraction of sp³-hybridized carbons (Fsp3) is 0.636. The summed E-state index contributed by atoms with van der Waals surface area (Å²) in [4.78, 5) is 20.0. The molecular weight excluding hydrogens is 493 g/mol. The Kier molecular flexibility index (Phi) is 16.3. The average Bonchev–Trinajstić information content (AvgIpc) is 2.70. The maximum Gasteiger partial charge on any atom is 0.243 e. The Balaban J connectivity index is 0.00000841.